The Hall–Kier alpha value is -1.51. The molecule has 3 heteroatoms. The van der Waals surface area contributed by atoms with Gasteiger partial charge >= 0.3 is 0 Å². The van der Waals surface area contributed by atoms with Crippen molar-refractivity contribution < 1.29 is 9.90 Å². The lowest BCUT2D eigenvalue weighted by Gasteiger charge is -2.25. The minimum Gasteiger partial charge on any atom is -0.508 e. The number of carbonyl (C=O) groups is 1. The molecule has 2 N–H and O–H groups in total. The quantitative estimate of drug-likeness (QED) is 0.787. The molecule has 0 spiro atoms. The van der Waals surface area contributed by atoms with Gasteiger partial charge in [0.25, 0.3) is 0 Å². The van der Waals surface area contributed by atoms with Gasteiger partial charge in [-0.3, -0.25) is 4.79 Å². The van der Waals surface area contributed by atoms with E-state index in [1.165, 1.54) is 0 Å². The predicted octanol–water partition coefficient (Wildman–Crippen LogP) is 3.30. The van der Waals surface area contributed by atoms with E-state index in [2.05, 4.69) is 12.2 Å². The number of hydrogen-bond acceptors (Lipinski definition) is 2. The molecule has 3 nitrogen and oxygen atoms in total. The second-order valence-electron chi connectivity index (χ2n) is 4.84. The van der Waals surface area contributed by atoms with E-state index < -0.39 is 0 Å². The first-order chi connectivity index (χ1) is 8.16. The van der Waals surface area contributed by atoms with Gasteiger partial charge in [-0.2, -0.15) is 0 Å². The fourth-order valence-corrected chi connectivity index (χ4v) is 2.60. The van der Waals surface area contributed by atoms with Crippen LogP contribution < -0.4 is 5.32 Å². The molecule has 92 valence electrons. The van der Waals surface area contributed by atoms with E-state index >= 15 is 0 Å². The van der Waals surface area contributed by atoms with E-state index in [0.29, 0.717) is 0 Å². The molecule has 1 saturated carbocycles. The lowest BCUT2D eigenvalue weighted by atomic mass is 9.82. The van der Waals surface area contributed by atoms with E-state index in [4.69, 9.17) is 0 Å². The van der Waals surface area contributed by atoms with Gasteiger partial charge in [-0.15, -0.1) is 0 Å². The van der Waals surface area contributed by atoms with E-state index in [9.17, 15) is 9.90 Å². The summed E-state index contributed by atoms with van der Waals surface area (Å²) < 4.78 is 0. The summed E-state index contributed by atoms with van der Waals surface area (Å²) in [6.07, 6.45) is 5.19. The van der Waals surface area contributed by atoms with Crippen molar-refractivity contribution in [3.05, 3.63) is 24.3 Å². The molecule has 0 heterocycles. The van der Waals surface area contributed by atoms with Gasteiger partial charge < -0.3 is 10.4 Å². The fraction of sp³-hybridized carbons (Fsp3) is 0.500. The van der Waals surface area contributed by atoms with Gasteiger partial charge in [0, 0.05) is 11.1 Å². The van der Waals surface area contributed by atoms with Crippen LogP contribution in [0.2, 0.25) is 0 Å². The monoisotopic (exact) mass is 233 g/mol. The van der Waals surface area contributed by atoms with Gasteiger partial charge in [0.15, 0.2) is 0 Å². The van der Waals surface area contributed by atoms with Crippen LogP contribution in [0.3, 0.4) is 0 Å². The van der Waals surface area contributed by atoms with Crippen LogP contribution in [0.1, 0.15) is 39.0 Å². The molecule has 1 aliphatic carbocycles. The van der Waals surface area contributed by atoms with Crippen molar-refractivity contribution in [2.75, 3.05) is 5.32 Å². The van der Waals surface area contributed by atoms with Crippen molar-refractivity contribution >= 4 is 11.6 Å². The molecular formula is C14H19NO2. The number of nitrogens with one attached hydrogen (secondary N) is 1. The Bertz CT molecular complexity index is 391. The lowest BCUT2D eigenvalue weighted by Crippen LogP contribution is -2.33. The summed E-state index contributed by atoms with van der Waals surface area (Å²) in [4.78, 5) is 12.3. The zero-order valence-electron chi connectivity index (χ0n) is 10.2. The van der Waals surface area contributed by atoms with Crippen LogP contribution in [0.4, 0.5) is 5.69 Å². The summed E-state index contributed by atoms with van der Waals surface area (Å²) in [7, 11) is 0. The van der Waals surface area contributed by atoms with Crippen LogP contribution in [-0.4, -0.2) is 11.0 Å². The minimum absolute atomic E-state index is 0.128. The number of anilines is 1. The number of amides is 1. The maximum atomic E-state index is 12.3. The van der Waals surface area contributed by atoms with Gasteiger partial charge in [-0.25, -0.2) is 0 Å². The van der Waals surface area contributed by atoms with Crippen molar-refractivity contribution in [2.24, 2.45) is 5.41 Å². The normalized spacial score (nSPS) is 17.9. The zero-order chi connectivity index (χ0) is 12.3. The number of phenolic OH excluding ortho intramolecular Hbond substituents is 1. The van der Waals surface area contributed by atoms with Crippen molar-refractivity contribution in [1.29, 1.82) is 0 Å². The Morgan fingerprint density at radius 2 is 1.88 bits per heavy atom. The molecule has 1 fully saturated rings. The summed E-state index contributed by atoms with van der Waals surface area (Å²) in [5.74, 6) is 0.345. The highest BCUT2D eigenvalue weighted by Crippen LogP contribution is 2.41. The average molecular weight is 233 g/mol. The Morgan fingerprint density at radius 1 is 1.29 bits per heavy atom. The van der Waals surface area contributed by atoms with Gasteiger partial charge in [0.1, 0.15) is 5.75 Å². The van der Waals surface area contributed by atoms with Crippen LogP contribution in [0.25, 0.3) is 0 Å². The molecular weight excluding hydrogens is 214 g/mol. The molecule has 0 aliphatic heterocycles. The largest absolute Gasteiger partial charge is 0.508 e. The first-order valence-corrected chi connectivity index (χ1v) is 6.27. The zero-order valence-corrected chi connectivity index (χ0v) is 10.2. The SMILES string of the molecule is CCC1(C(=O)Nc2ccc(O)cc2)CCCC1. The Labute approximate surface area is 102 Å². The van der Waals surface area contributed by atoms with Crippen LogP contribution in [-0.2, 0) is 4.79 Å². The van der Waals surface area contributed by atoms with Crippen molar-refractivity contribution in [1.82, 2.24) is 0 Å². The first kappa shape index (κ1) is 12.0. The molecule has 2 rings (SSSR count). The molecule has 1 aromatic carbocycles. The lowest BCUT2D eigenvalue weighted by molar-refractivity contribution is -0.125. The first-order valence-electron chi connectivity index (χ1n) is 6.27. The number of phenols is 1. The van der Waals surface area contributed by atoms with E-state index in [-0.39, 0.29) is 17.1 Å². The molecule has 1 aliphatic rings. The summed E-state index contributed by atoms with van der Waals surface area (Å²) in [5, 5.41) is 12.1. The summed E-state index contributed by atoms with van der Waals surface area (Å²) in [6.45, 7) is 2.09. The molecule has 1 amide bonds. The van der Waals surface area contributed by atoms with E-state index in [1.807, 2.05) is 0 Å². The minimum atomic E-state index is -0.169. The molecule has 0 aromatic heterocycles. The molecule has 0 saturated heterocycles. The number of aromatic hydroxyl groups is 1. The van der Waals surface area contributed by atoms with Crippen LogP contribution >= 0.6 is 0 Å². The third-order valence-corrected chi connectivity index (χ3v) is 3.84. The molecule has 17 heavy (non-hydrogen) atoms. The van der Waals surface area contributed by atoms with E-state index in [0.717, 1.165) is 37.8 Å². The standard InChI is InChI=1S/C14H19NO2/c1-2-14(9-3-4-10-14)13(17)15-11-5-7-12(16)8-6-11/h5-8,16H,2-4,9-10H2,1H3,(H,15,17). The molecule has 0 unspecified atom stereocenters. The third kappa shape index (κ3) is 2.43. The van der Waals surface area contributed by atoms with E-state index in [1.54, 1.807) is 24.3 Å². The van der Waals surface area contributed by atoms with Crippen LogP contribution in [0.15, 0.2) is 24.3 Å². The van der Waals surface area contributed by atoms with Crippen LogP contribution in [0.5, 0.6) is 5.75 Å². The number of benzene rings is 1. The van der Waals surface area contributed by atoms with Gasteiger partial charge in [-0.05, 0) is 43.5 Å². The smallest absolute Gasteiger partial charge is 0.230 e. The maximum Gasteiger partial charge on any atom is 0.230 e. The van der Waals surface area contributed by atoms with Crippen LogP contribution in [0, 0.1) is 5.41 Å². The number of rotatable bonds is 3. The third-order valence-electron chi connectivity index (χ3n) is 3.84. The number of hydrogen-bond donors (Lipinski definition) is 2. The summed E-state index contributed by atoms with van der Waals surface area (Å²) >= 11 is 0. The van der Waals surface area contributed by atoms with Gasteiger partial charge in [0.2, 0.25) is 5.91 Å². The Balaban J connectivity index is 2.08. The summed E-state index contributed by atoms with van der Waals surface area (Å²) in [5.41, 5.74) is 0.588. The average Bonchev–Trinajstić information content (AvgIpc) is 2.82. The highest BCUT2D eigenvalue weighted by Gasteiger charge is 2.39. The van der Waals surface area contributed by atoms with Crippen molar-refractivity contribution in [2.45, 2.75) is 39.0 Å². The van der Waals surface area contributed by atoms with Gasteiger partial charge in [0.05, 0.1) is 0 Å². The highest BCUT2D eigenvalue weighted by molar-refractivity contribution is 5.95. The van der Waals surface area contributed by atoms with Gasteiger partial charge in [-0.1, -0.05) is 19.8 Å². The Kier molecular flexibility index (Phi) is 3.36. The fourth-order valence-electron chi connectivity index (χ4n) is 2.60. The second kappa shape index (κ2) is 4.78. The molecule has 1 aromatic rings. The van der Waals surface area contributed by atoms with Crippen molar-refractivity contribution in [3.63, 3.8) is 0 Å². The van der Waals surface area contributed by atoms with Crippen molar-refractivity contribution in [3.8, 4) is 5.75 Å². The predicted molar refractivity (Wildman–Crippen MR) is 67.9 cm³/mol. The maximum absolute atomic E-state index is 12.3. The molecule has 0 radical (unpaired) electrons. The Morgan fingerprint density at radius 3 is 2.41 bits per heavy atom. The highest BCUT2D eigenvalue weighted by atomic mass is 16.3. The molecule has 0 atom stereocenters. The topological polar surface area (TPSA) is 49.3 Å². The number of carbonyl (C=O) groups excluding carboxylic acids is 1. The summed E-state index contributed by atoms with van der Waals surface area (Å²) in [6, 6.07) is 6.63. The second-order valence-corrected chi connectivity index (χ2v) is 4.84. The molecule has 0 bridgehead atoms.